The minimum atomic E-state index is 0.738. The van der Waals surface area contributed by atoms with Crippen molar-refractivity contribution in [2.75, 3.05) is 19.0 Å². The highest BCUT2D eigenvalue weighted by atomic mass is 35.5. The van der Waals surface area contributed by atoms with Gasteiger partial charge in [-0.25, -0.2) is 0 Å². The molecule has 0 spiro atoms. The highest BCUT2D eigenvalue weighted by molar-refractivity contribution is 6.30. The second-order valence-corrected chi connectivity index (χ2v) is 4.39. The average molecular weight is 259 g/mol. The standard InChI is InChI=1S/C15H15ClN2/c1-17-15(12-6-4-3-5-7-12)18(2)14-10-8-13(16)9-11-14/h3-11H,1-2H3. The van der Waals surface area contributed by atoms with Gasteiger partial charge in [-0.2, -0.15) is 0 Å². The van der Waals surface area contributed by atoms with E-state index in [2.05, 4.69) is 17.1 Å². The number of rotatable bonds is 2. The maximum Gasteiger partial charge on any atom is 0.134 e. The summed E-state index contributed by atoms with van der Waals surface area (Å²) in [7, 11) is 3.80. The van der Waals surface area contributed by atoms with Gasteiger partial charge in [-0.05, 0) is 24.3 Å². The summed E-state index contributed by atoms with van der Waals surface area (Å²) in [6, 6.07) is 17.8. The van der Waals surface area contributed by atoms with Gasteiger partial charge in [0.15, 0.2) is 0 Å². The minimum Gasteiger partial charge on any atom is -0.329 e. The Labute approximate surface area is 113 Å². The first-order chi connectivity index (χ1) is 8.72. The summed E-state index contributed by atoms with van der Waals surface area (Å²) in [4.78, 5) is 6.41. The lowest BCUT2D eigenvalue weighted by Gasteiger charge is -2.21. The molecule has 92 valence electrons. The molecule has 2 nitrogen and oxygen atoms in total. The first kappa shape index (κ1) is 12.7. The quantitative estimate of drug-likeness (QED) is 0.590. The average Bonchev–Trinajstić information content (AvgIpc) is 2.41. The summed E-state index contributed by atoms with van der Waals surface area (Å²) in [5, 5.41) is 0.738. The van der Waals surface area contributed by atoms with E-state index < -0.39 is 0 Å². The molecule has 0 bridgehead atoms. The monoisotopic (exact) mass is 258 g/mol. The Morgan fingerprint density at radius 3 is 2.17 bits per heavy atom. The van der Waals surface area contributed by atoms with Crippen LogP contribution < -0.4 is 4.90 Å². The number of benzene rings is 2. The summed E-state index contributed by atoms with van der Waals surface area (Å²) < 4.78 is 0. The molecule has 0 saturated heterocycles. The fourth-order valence-corrected chi connectivity index (χ4v) is 1.97. The van der Waals surface area contributed by atoms with E-state index >= 15 is 0 Å². The molecular formula is C15H15ClN2. The first-order valence-corrected chi connectivity index (χ1v) is 6.11. The van der Waals surface area contributed by atoms with E-state index in [0.717, 1.165) is 22.1 Å². The van der Waals surface area contributed by atoms with Gasteiger partial charge in [0.05, 0.1) is 0 Å². The third kappa shape index (κ3) is 2.71. The normalized spacial score (nSPS) is 11.4. The SMILES string of the molecule is CN=C(c1ccccc1)N(C)c1ccc(Cl)cc1. The van der Waals surface area contributed by atoms with Crippen LogP contribution in [0.2, 0.25) is 5.02 Å². The van der Waals surface area contributed by atoms with E-state index in [0.29, 0.717) is 0 Å². The predicted octanol–water partition coefficient (Wildman–Crippen LogP) is 3.85. The van der Waals surface area contributed by atoms with Crippen LogP contribution in [0.4, 0.5) is 5.69 Å². The molecular weight excluding hydrogens is 244 g/mol. The van der Waals surface area contributed by atoms with Crippen molar-refractivity contribution in [1.29, 1.82) is 0 Å². The summed E-state index contributed by atoms with van der Waals surface area (Å²) in [6.45, 7) is 0. The predicted molar refractivity (Wildman–Crippen MR) is 78.8 cm³/mol. The van der Waals surface area contributed by atoms with Gasteiger partial charge in [-0.1, -0.05) is 41.9 Å². The molecule has 2 aromatic carbocycles. The molecule has 0 atom stereocenters. The molecule has 0 aliphatic heterocycles. The van der Waals surface area contributed by atoms with Crippen molar-refractivity contribution in [3.8, 4) is 0 Å². The fourth-order valence-electron chi connectivity index (χ4n) is 1.85. The molecule has 0 N–H and O–H groups in total. The fraction of sp³-hybridized carbons (Fsp3) is 0.133. The molecule has 0 aromatic heterocycles. The largest absolute Gasteiger partial charge is 0.329 e. The van der Waals surface area contributed by atoms with Gasteiger partial charge < -0.3 is 4.90 Å². The number of hydrogen-bond donors (Lipinski definition) is 0. The summed E-state index contributed by atoms with van der Waals surface area (Å²) >= 11 is 5.90. The van der Waals surface area contributed by atoms with Gasteiger partial charge in [0.1, 0.15) is 5.84 Å². The summed E-state index contributed by atoms with van der Waals surface area (Å²) in [6.07, 6.45) is 0. The number of aliphatic imine (C=N–C) groups is 1. The van der Waals surface area contributed by atoms with E-state index in [4.69, 9.17) is 11.6 Å². The Balaban J connectivity index is 2.32. The van der Waals surface area contributed by atoms with E-state index in [-0.39, 0.29) is 0 Å². The molecule has 0 unspecified atom stereocenters. The topological polar surface area (TPSA) is 15.6 Å². The molecule has 0 aliphatic rings. The maximum atomic E-state index is 5.90. The van der Waals surface area contributed by atoms with Crippen LogP contribution in [0.5, 0.6) is 0 Å². The van der Waals surface area contributed by atoms with Crippen molar-refractivity contribution >= 4 is 23.1 Å². The summed E-state index contributed by atoms with van der Waals surface area (Å²) in [5.74, 6) is 0.929. The highest BCUT2D eigenvalue weighted by Crippen LogP contribution is 2.19. The molecule has 0 fully saturated rings. The van der Waals surface area contributed by atoms with Gasteiger partial charge in [-0.3, -0.25) is 4.99 Å². The molecule has 0 aliphatic carbocycles. The smallest absolute Gasteiger partial charge is 0.134 e. The zero-order valence-electron chi connectivity index (χ0n) is 10.5. The number of amidine groups is 1. The third-order valence-electron chi connectivity index (χ3n) is 2.78. The van der Waals surface area contributed by atoms with Crippen LogP contribution in [0.3, 0.4) is 0 Å². The Morgan fingerprint density at radius 2 is 1.61 bits per heavy atom. The molecule has 0 heterocycles. The molecule has 0 saturated carbocycles. The van der Waals surface area contributed by atoms with Crippen LogP contribution in [-0.4, -0.2) is 19.9 Å². The second kappa shape index (κ2) is 5.69. The van der Waals surface area contributed by atoms with Crippen molar-refractivity contribution in [2.45, 2.75) is 0 Å². The van der Waals surface area contributed by atoms with Crippen molar-refractivity contribution in [1.82, 2.24) is 0 Å². The van der Waals surface area contributed by atoms with Gasteiger partial charge in [-0.15, -0.1) is 0 Å². The van der Waals surface area contributed by atoms with E-state index in [9.17, 15) is 0 Å². The number of anilines is 1. The number of nitrogens with zero attached hydrogens (tertiary/aromatic N) is 2. The third-order valence-corrected chi connectivity index (χ3v) is 3.03. The van der Waals surface area contributed by atoms with Crippen LogP contribution in [0.1, 0.15) is 5.56 Å². The van der Waals surface area contributed by atoms with Crippen molar-refractivity contribution in [2.24, 2.45) is 4.99 Å². The molecule has 2 rings (SSSR count). The Hall–Kier alpha value is -1.80. The van der Waals surface area contributed by atoms with E-state index in [1.165, 1.54) is 0 Å². The minimum absolute atomic E-state index is 0.738. The van der Waals surface area contributed by atoms with Crippen LogP contribution >= 0.6 is 11.6 Å². The highest BCUT2D eigenvalue weighted by Gasteiger charge is 2.09. The number of hydrogen-bond acceptors (Lipinski definition) is 1. The Bertz CT molecular complexity index is 532. The van der Waals surface area contributed by atoms with Crippen LogP contribution in [0, 0.1) is 0 Å². The van der Waals surface area contributed by atoms with Crippen molar-refractivity contribution in [3.05, 3.63) is 65.2 Å². The molecule has 0 radical (unpaired) electrons. The Kier molecular flexibility index (Phi) is 4.00. The van der Waals surface area contributed by atoms with Crippen molar-refractivity contribution < 1.29 is 0 Å². The molecule has 0 amide bonds. The van der Waals surface area contributed by atoms with E-state index in [1.54, 1.807) is 7.05 Å². The lowest BCUT2D eigenvalue weighted by Crippen LogP contribution is -2.27. The zero-order chi connectivity index (χ0) is 13.0. The van der Waals surface area contributed by atoms with Gasteiger partial charge in [0.25, 0.3) is 0 Å². The molecule has 18 heavy (non-hydrogen) atoms. The van der Waals surface area contributed by atoms with Gasteiger partial charge >= 0.3 is 0 Å². The van der Waals surface area contributed by atoms with Crippen LogP contribution in [-0.2, 0) is 0 Å². The lowest BCUT2D eigenvalue weighted by atomic mass is 10.2. The molecule has 3 heteroatoms. The molecule has 2 aromatic rings. The van der Waals surface area contributed by atoms with Gasteiger partial charge in [0, 0.05) is 30.4 Å². The zero-order valence-corrected chi connectivity index (χ0v) is 11.2. The maximum absolute atomic E-state index is 5.90. The summed E-state index contributed by atoms with van der Waals surface area (Å²) in [5.41, 5.74) is 2.15. The lowest BCUT2D eigenvalue weighted by molar-refractivity contribution is 1.22. The number of halogens is 1. The second-order valence-electron chi connectivity index (χ2n) is 3.95. The van der Waals surface area contributed by atoms with Crippen LogP contribution in [0.15, 0.2) is 59.6 Å². The van der Waals surface area contributed by atoms with Crippen LogP contribution in [0.25, 0.3) is 0 Å². The van der Waals surface area contributed by atoms with Crippen molar-refractivity contribution in [3.63, 3.8) is 0 Å². The van der Waals surface area contributed by atoms with Gasteiger partial charge in [0.2, 0.25) is 0 Å². The first-order valence-electron chi connectivity index (χ1n) is 5.74. The van der Waals surface area contributed by atoms with E-state index in [1.807, 2.05) is 54.4 Å². The Morgan fingerprint density at radius 1 is 1.00 bits per heavy atom.